The van der Waals surface area contributed by atoms with Gasteiger partial charge >= 0.3 is 0 Å². The summed E-state index contributed by atoms with van der Waals surface area (Å²) in [5.74, 6) is -0.389. The molecule has 0 saturated heterocycles. The van der Waals surface area contributed by atoms with Crippen LogP contribution in [0, 0.1) is 5.82 Å². The molecule has 0 radical (unpaired) electrons. The zero-order chi connectivity index (χ0) is 12.4. The quantitative estimate of drug-likeness (QED) is 0.888. The normalized spacial score (nSPS) is 12.6. The summed E-state index contributed by atoms with van der Waals surface area (Å²) in [5.41, 5.74) is 7.60. The van der Waals surface area contributed by atoms with Crippen molar-refractivity contribution in [2.45, 2.75) is 26.3 Å². The lowest BCUT2D eigenvalue weighted by molar-refractivity contribution is 0.479. The van der Waals surface area contributed by atoms with Crippen molar-refractivity contribution < 1.29 is 4.39 Å². The molecule has 1 unspecified atom stereocenters. The summed E-state index contributed by atoms with van der Waals surface area (Å²) in [6.45, 7) is 4.13. The van der Waals surface area contributed by atoms with Crippen molar-refractivity contribution >= 4 is 5.69 Å². The van der Waals surface area contributed by atoms with Gasteiger partial charge in [-0.2, -0.15) is 5.10 Å². The van der Waals surface area contributed by atoms with Crippen molar-refractivity contribution in [2.75, 3.05) is 5.73 Å². The maximum absolute atomic E-state index is 13.1. The van der Waals surface area contributed by atoms with Gasteiger partial charge in [-0.1, -0.05) is 6.92 Å². The lowest BCUT2D eigenvalue weighted by Crippen LogP contribution is -2.04. The monoisotopic (exact) mass is 234 g/mol. The van der Waals surface area contributed by atoms with Gasteiger partial charge in [-0.15, -0.1) is 0 Å². The largest absolute Gasteiger partial charge is 0.396 e. The van der Waals surface area contributed by atoms with Crippen LogP contribution in [0.15, 0.2) is 24.7 Å². The van der Waals surface area contributed by atoms with Gasteiger partial charge in [0.25, 0.3) is 0 Å². The SMILES string of the molecule is CCC(C)n1cc(N)c(-c2cncc(F)c2)n1. The fourth-order valence-electron chi connectivity index (χ4n) is 1.58. The van der Waals surface area contributed by atoms with E-state index < -0.39 is 0 Å². The lowest BCUT2D eigenvalue weighted by atomic mass is 10.2. The van der Waals surface area contributed by atoms with E-state index in [-0.39, 0.29) is 11.9 Å². The molecule has 2 aromatic rings. The van der Waals surface area contributed by atoms with Crippen LogP contribution in [-0.4, -0.2) is 14.8 Å². The zero-order valence-electron chi connectivity index (χ0n) is 9.89. The van der Waals surface area contributed by atoms with Gasteiger partial charge in [0.1, 0.15) is 11.5 Å². The Balaban J connectivity index is 2.42. The van der Waals surface area contributed by atoms with Crippen molar-refractivity contribution in [3.63, 3.8) is 0 Å². The highest BCUT2D eigenvalue weighted by molar-refractivity contribution is 5.71. The van der Waals surface area contributed by atoms with Crippen LogP contribution in [0.2, 0.25) is 0 Å². The van der Waals surface area contributed by atoms with Gasteiger partial charge in [0.15, 0.2) is 0 Å². The molecule has 90 valence electrons. The summed E-state index contributed by atoms with van der Waals surface area (Å²) < 4.78 is 14.9. The van der Waals surface area contributed by atoms with Crippen LogP contribution in [0.25, 0.3) is 11.3 Å². The standard InChI is InChI=1S/C12H15FN4/c1-3-8(2)17-7-11(14)12(16-17)9-4-10(13)6-15-5-9/h4-8H,3,14H2,1-2H3. The molecule has 4 nitrogen and oxygen atoms in total. The van der Waals surface area contributed by atoms with Crippen molar-refractivity contribution in [1.29, 1.82) is 0 Å². The Bertz CT molecular complexity index is 521. The molecule has 2 heterocycles. The molecule has 0 aliphatic heterocycles. The highest BCUT2D eigenvalue weighted by Crippen LogP contribution is 2.25. The van der Waals surface area contributed by atoms with Gasteiger partial charge < -0.3 is 5.73 Å². The first-order valence-electron chi connectivity index (χ1n) is 5.57. The molecular formula is C12H15FN4. The average Bonchev–Trinajstić information content (AvgIpc) is 2.70. The van der Waals surface area contributed by atoms with Crippen molar-refractivity contribution in [2.24, 2.45) is 0 Å². The summed E-state index contributed by atoms with van der Waals surface area (Å²) in [4.78, 5) is 3.80. The van der Waals surface area contributed by atoms with E-state index in [2.05, 4.69) is 23.9 Å². The first-order chi connectivity index (χ1) is 8.11. The fourth-order valence-corrected chi connectivity index (χ4v) is 1.58. The molecule has 5 heteroatoms. The fraction of sp³-hybridized carbons (Fsp3) is 0.333. The third-order valence-electron chi connectivity index (χ3n) is 2.78. The Morgan fingerprint density at radius 2 is 2.24 bits per heavy atom. The second-order valence-corrected chi connectivity index (χ2v) is 4.06. The van der Waals surface area contributed by atoms with Crippen LogP contribution >= 0.6 is 0 Å². The maximum atomic E-state index is 13.1. The number of rotatable bonds is 3. The average molecular weight is 234 g/mol. The minimum atomic E-state index is -0.389. The number of nitrogen functional groups attached to an aromatic ring is 1. The number of nitrogens with zero attached hydrogens (tertiary/aromatic N) is 3. The molecule has 17 heavy (non-hydrogen) atoms. The summed E-state index contributed by atoms with van der Waals surface area (Å²) in [7, 11) is 0. The number of hydrogen-bond acceptors (Lipinski definition) is 3. The van der Waals surface area contributed by atoms with Gasteiger partial charge in [0, 0.05) is 24.0 Å². The first kappa shape index (κ1) is 11.6. The van der Waals surface area contributed by atoms with Gasteiger partial charge in [-0.3, -0.25) is 9.67 Å². The Labute approximate surface area is 99.3 Å². The molecule has 0 aromatic carbocycles. The second kappa shape index (κ2) is 4.53. The van der Waals surface area contributed by atoms with E-state index in [1.165, 1.54) is 6.07 Å². The minimum Gasteiger partial charge on any atom is -0.396 e. The number of halogens is 1. The Morgan fingerprint density at radius 1 is 1.47 bits per heavy atom. The highest BCUT2D eigenvalue weighted by Gasteiger charge is 2.12. The maximum Gasteiger partial charge on any atom is 0.142 e. The van der Waals surface area contributed by atoms with E-state index >= 15 is 0 Å². The molecule has 2 rings (SSSR count). The smallest absolute Gasteiger partial charge is 0.142 e. The Kier molecular flexibility index (Phi) is 3.08. The third kappa shape index (κ3) is 2.27. The summed E-state index contributed by atoms with van der Waals surface area (Å²) in [5, 5.41) is 4.38. The Morgan fingerprint density at radius 3 is 2.88 bits per heavy atom. The van der Waals surface area contributed by atoms with Crippen LogP contribution in [0.3, 0.4) is 0 Å². The molecule has 0 saturated carbocycles. The topological polar surface area (TPSA) is 56.7 Å². The molecular weight excluding hydrogens is 219 g/mol. The van der Waals surface area contributed by atoms with E-state index in [9.17, 15) is 4.39 Å². The zero-order valence-corrected chi connectivity index (χ0v) is 9.89. The van der Waals surface area contributed by atoms with Crippen molar-refractivity contribution in [3.8, 4) is 11.3 Å². The van der Waals surface area contributed by atoms with E-state index in [0.717, 1.165) is 12.6 Å². The van der Waals surface area contributed by atoms with E-state index in [0.29, 0.717) is 16.9 Å². The van der Waals surface area contributed by atoms with Gasteiger partial charge in [0.05, 0.1) is 11.9 Å². The van der Waals surface area contributed by atoms with E-state index in [4.69, 9.17) is 5.73 Å². The minimum absolute atomic E-state index is 0.271. The summed E-state index contributed by atoms with van der Waals surface area (Å²) >= 11 is 0. The number of aromatic nitrogens is 3. The first-order valence-corrected chi connectivity index (χ1v) is 5.57. The summed E-state index contributed by atoms with van der Waals surface area (Å²) in [6.07, 6.45) is 5.45. The molecule has 0 aliphatic rings. The predicted octanol–water partition coefficient (Wildman–Crippen LogP) is 2.64. The molecule has 0 aliphatic carbocycles. The van der Waals surface area contributed by atoms with Crippen LogP contribution in [0.5, 0.6) is 0 Å². The van der Waals surface area contributed by atoms with Crippen LogP contribution in [0.4, 0.5) is 10.1 Å². The molecule has 0 amide bonds. The number of hydrogen-bond donors (Lipinski definition) is 1. The number of anilines is 1. The highest BCUT2D eigenvalue weighted by atomic mass is 19.1. The van der Waals surface area contributed by atoms with Crippen LogP contribution in [0.1, 0.15) is 26.3 Å². The van der Waals surface area contributed by atoms with Gasteiger partial charge in [0.2, 0.25) is 0 Å². The van der Waals surface area contributed by atoms with Gasteiger partial charge in [-0.25, -0.2) is 4.39 Å². The lowest BCUT2D eigenvalue weighted by Gasteiger charge is -2.07. The summed E-state index contributed by atoms with van der Waals surface area (Å²) in [6, 6.07) is 1.65. The molecule has 2 aromatic heterocycles. The molecule has 0 spiro atoms. The second-order valence-electron chi connectivity index (χ2n) is 4.06. The Hall–Kier alpha value is -1.91. The predicted molar refractivity (Wildman–Crippen MR) is 64.8 cm³/mol. The van der Waals surface area contributed by atoms with E-state index in [1.807, 2.05) is 0 Å². The number of pyridine rings is 1. The number of nitrogens with two attached hydrogens (primary N) is 1. The van der Waals surface area contributed by atoms with Crippen LogP contribution in [-0.2, 0) is 0 Å². The van der Waals surface area contributed by atoms with Gasteiger partial charge in [-0.05, 0) is 19.4 Å². The van der Waals surface area contributed by atoms with Crippen LogP contribution < -0.4 is 5.73 Å². The molecule has 2 N–H and O–H groups in total. The van der Waals surface area contributed by atoms with Crippen molar-refractivity contribution in [3.05, 3.63) is 30.5 Å². The molecule has 1 atom stereocenters. The van der Waals surface area contributed by atoms with Crippen molar-refractivity contribution in [1.82, 2.24) is 14.8 Å². The van der Waals surface area contributed by atoms with E-state index in [1.54, 1.807) is 17.1 Å². The third-order valence-corrected chi connectivity index (χ3v) is 2.78. The molecule has 0 fully saturated rings. The molecule has 0 bridgehead atoms.